The summed E-state index contributed by atoms with van der Waals surface area (Å²) < 4.78 is 32.5. The van der Waals surface area contributed by atoms with E-state index in [-0.39, 0.29) is 47.1 Å². The molecule has 0 aliphatic rings. The number of aromatic hydroxyl groups is 1. The minimum absolute atomic E-state index is 0.00805. The van der Waals surface area contributed by atoms with Crippen LogP contribution in [0.3, 0.4) is 0 Å². The molecule has 0 amide bonds. The van der Waals surface area contributed by atoms with Crippen LogP contribution in [0.1, 0.15) is 17.5 Å². The fraction of sp³-hybridized carbons (Fsp3) is 0.250. The summed E-state index contributed by atoms with van der Waals surface area (Å²) in [6.07, 6.45) is 0.153. The predicted octanol–water partition coefficient (Wildman–Crippen LogP) is 2.43. The van der Waals surface area contributed by atoms with E-state index in [1.807, 2.05) is 0 Å². The number of hydrogen-bond donors (Lipinski definition) is 3. The molecule has 10 nitrogen and oxygen atoms in total. The van der Waals surface area contributed by atoms with Gasteiger partial charge in [0.1, 0.15) is 17.3 Å². The molecule has 0 fully saturated rings. The standard InChI is InChI=1S/C16H15ClN4O6S/c1-9-11(8-18)15(23)21(5-2-6-22)16(24)14(9)20-19-13-7-10(28(25,26)27)3-4-12(13)17/h3-4,7,22-23H,2,5-6H2,1H3,(H,25,26,27). The number of halogens is 1. The Morgan fingerprint density at radius 2 is 2.00 bits per heavy atom. The Morgan fingerprint density at radius 1 is 1.32 bits per heavy atom. The Labute approximate surface area is 164 Å². The van der Waals surface area contributed by atoms with Gasteiger partial charge >= 0.3 is 0 Å². The quantitative estimate of drug-likeness (QED) is 0.471. The van der Waals surface area contributed by atoms with Gasteiger partial charge in [0.15, 0.2) is 5.69 Å². The number of azo groups is 1. The molecular formula is C16H15ClN4O6S. The van der Waals surface area contributed by atoms with E-state index in [0.717, 1.165) is 16.7 Å². The zero-order valence-electron chi connectivity index (χ0n) is 14.5. The first kappa shape index (κ1) is 21.5. The lowest BCUT2D eigenvalue weighted by Crippen LogP contribution is -2.22. The molecule has 1 aromatic heterocycles. The normalized spacial score (nSPS) is 11.7. The minimum atomic E-state index is -4.50. The fourth-order valence-corrected chi connectivity index (χ4v) is 2.98. The van der Waals surface area contributed by atoms with Crippen molar-refractivity contribution in [1.29, 1.82) is 5.26 Å². The number of aliphatic hydroxyl groups is 1. The van der Waals surface area contributed by atoms with Crippen molar-refractivity contribution in [1.82, 2.24) is 4.57 Å². The highest BCUT2D eigenvalue weighted by Gasteiger charge is 2.19. The molecule has 0 unspecified atom stereocenters. The molecule has 0 aliphatic heterocycles. The molecule has 0 spiro atoms. The van der Waals surface area contributed by atoms with E-state index in [1.54, 1.807) is 6.07 Å². The second-order valence-corrected chi connectivity index (χ2v) is 7.43. The van der Waals surface area contributed by atoms with Crippen LogP contribution >= 0.6 is 11.6 Å². The zero-order valence-corrected chi connectivity index (χ0v) is 16.1. The van der Waals surface area contributed by atoms with Gasteiger partial charge in [-0.2, -0.15) is 13.7 Å². The Morgan fingerprint density at radius 3 is 2.57 bits per heavy atom. The Kier molecular flexibility index (Phi) is 6.52. The summed E-state index contributed by atoms with van der Waals surface area (Å²) in [6.45, 7) is 1.09. The molecule has 0 bridgehead atoms. The summed E-state index contributed by atoms with van der Waals surface area (Å²) in [5, 5.41) is 35.9. The van der Waals surface area contributed by atoms with Crippen LogP contribution in [0.4, 0.5) is 11.4 Å². The Bertz CT molecular complexity index is 1150. The Hall–Kier alpha value is -2.78. The summed E-state index contributed by atoms with van der Waals surface area (Å²) in [7, 11) is -4.50. The molecule has 0 radical (unpaired) electrons. The van der Waals surface area contributed by atoms with E-state index in [4.69, 9.17) is 21.3 Å². The Balaban J connectivity index is 2.64. The number of pyridine rings is 1. The second-order valence-electron chi connectivity index (χ2n) is 5.61. The highest BCUT2D eigenvalue weighted by atomic mass is 35.5. The van der Waals surface area contributed by atoms with E-state index < -0.39 is 26.5 Å². The van der Waals surface area contributed by atoms with Crippen molar-refractivity contribution < 1.29 is 23.2 Å². The first-order valence-electron chi connectivity index (χ1n) is 7.78. The molecule has 0 saturated heterocycles. The number of aliphatic hydroxyl groups excluding tert-OH is 1. The highest BCUT2D eigenvalue weighted by molar-refractivity contribution is 7.85. The summed E-state index contributed by atoms with van der Waals surface area (Å²) in [4.78, 5) is 12.1. The van der Waals surface area contributed by atoms with Crippen LogP contribution in [0.25, 0.3) is 0 Å². The fourth-order valence-electron chi connectivity index (χ4n) is 2.33. The van der Waals surface area contributed by atoms with Crippen molar-refractivity contribution in [3.63, 3.8) is 0 Å². The molecule has 1 aromatic carbocycles. The number of hydrogen-bond acceptors (Lipinski definition) is 8. The molecule has 0 saturated carbocycles. The summed E-state index contributed by atoms with van der Waals surface area (Å²) in [5.74, 6) is -0.552. The third-order valence-corrected chi connectivity index (χ3v) is 4.95. The van der Waals surface area contributed by atoms with Crippen LogP contribution < -0.4 is 5.56 Å². The molecule has 0 aliphatic carbocycles. The number of rotatable bonds is 6. The van der Waals surface area contributed by atoms with Gasteiger partial charge in [0, 0.05) is 18.7 Å². The minimum Gasteiger partial charge on any atom is -0.493 e. The van der Waals surface area contributed by atoms with Gasteiger partial charge in [0.05, 0.1) is 9.92 Å². The van der Waals surface area contributed by atoms with E-state index in [9.17, 15) is 23.6 Å². The maximum absolute atomic E-state index is 12.6. The molecule has 0 atom stereocenters. The summed E-state index contributed by atoms with van der Waals surface area (Å²) in [5.41, 5.74) is -1.28. The maximum atomic E-state index is 12.6. The SMILES string of the molecule is Cc1c(C#N)c(O)n(CCCO)c(=O)c1N=Nc1cc(S(=O)(=O)O)ccc1Cl. The average Bonchev–Trinajstić information content (AvgIpc) is 2.62. The monoisotopic (exact) mass is 426 g/mol. The highest BCUT2D eigenvalue weighted by Crippen LogP contribution is 2.31. The molecular weight excluding hydrogens is 412 g/mol. The van der Waals surface area contributed by atoms with Gasteiger partial charge in [0.2, 0.25) is 5.88 Å². The van der Waals surface area contributed by atoms with Gasteiger partial charge in [-0.25, -0.2) is 0 Å². The van der Waals surface area contributed by atoms with Gasteiger partial charge in [-0.15, -0.1) is 10.2 Å². The molecule has 28 heavy (non-hydrogen) atoms. The van der Waals surface area contributed by atoms with Gasteiger partial charge in [-0.1, -0.05) is 11.6 Å². The average molecular weight is 427 g/mol. The number of aromatic nitrogens is 1. The van der Waals surface area contributed by atoms with Crippen molar-refractivity contribution in [2.45, 2.75) is 24.8 Å². The van der Waals surface area contributed by atoms with Gasteiger partial charge in [-0.05, 0) is 31.5 Å². The zero-order chi connectivity index (χ0) is 21.1. The first-order chi connectivity index (χ1) is 13.1. The molecule has 12 heteroatoms. The lowest BCUT2D eigenvalue weighted by Gasteiger charge is -2.12. The number of nitrogens with zero attached hydrogens (tertiary/aromatic N) is 4. The number of benzene rings is 1. The van der Waals surface area contributed by atoms with Crippen molar-refractivity contribution in [3.8, 4) is 11.9 Å². The largest absolute Gasteiger partial charge is 0.493 e. The van der Waals surface area contributed by atoms with Gasteiger partial charge in [0.25, 0.3) is 15.7 Å². The molecule has 3 N–H and O–H groups in total. The van der Waals surface area contributed by atoms with Gasteiger partial charge < -0.3 is 10.2 Å². The molecule has 2 aromatic rings. The van der Waals surface area contributed by atoms with E-state index in [0.29, 0.717) is 0 Å². The first-order valence-corrected chi connectivity index (χ1v) is 9.59. The van der Waals surface area contributed by atoms with Crippen LogP contribution in [-0.4, -0.2) is 34.4 Å². The molecule has 2 rings (SSSR count). The van der Waals surface area contributed by atoms with Crippen molar-refractivity contribution >= 4 is 33.1 Å². The third kappa shape index (κ3) is 4.37. The van der Waals surface area contributed by atoms with Crippen LogP contribution in [0.5, 0.6) is 5.88 Å². The summed E-state index contributed by atoms with van der Waals surface area (Å²) in [6, 6.07) is 4.99. The van der Waals surface area contributed by atoms with Crippen LogP contribution in [0, 0.1) is 18.3 Å². The summed E-state index contributed by atoms with van der Waals surface area (Å²) >= 11 is 5.94. The molecule has 148 valence electrons. The van der Waals surface area contributed by atoms with Crippen LogP contribution in [0.2, 0.25) is 5.02 Å². The predicted molar refractivity (Wildman–Crippen MR) is 99.0 cm³/mol. The smallest absolute Gasteiger partial charge is 0.294 e. The number of nitriles is 1. The van der Waals surface area contributed by atoms with E-state index in [1.165, 1.54) is 13.0 Å². The second kappa shape index (κ2) is 8.49. The topological polar surface area (TPSA) is 165 Å². The van der Waals surface area contributed by atoms with Crippen LogP contribution in [0.15, 0.2) is 38.1 Å². The van der Waals surface area contributed by atoms with Crippen molar-refractivity contribution in [2.75, 3.05) is 6.61 Å². The van der Waals surface area contributed by atoms with Gasteiger partial charge in [-0.3, -0.25) is 13.9 Å². The van der Waals surface area contributed by atoms with Crippen molar-refractivity contribution in [2.24, 2.45) is 10.2 Å². The van der Waals surface area contributed by atoms with Crippen LogP contribution in [-0.2, 0) is 16.7 Å². The molecule has 1 heterocycles. The third-order valence-electron chi connectivity index (χ3n) is 3.78. The lowest BCUT2D eigenvalue weighted by atomic mass is 10.1. The maximum Gasteiger partial charge on any atom is 0.294 e. The van der Waals surface area contributed by atoms with E-state index in [2.05, 4.69) is 10.2 Å². The lowest BCUT2D eigenvalue weighted by molar-refractivity contribution is 0.274. The van der Waals surface area contributed by atoms with Crippen molar-refractivity contribution in [3.05, 3.63) is 44.7 Å². The van der Waals surface area contributed by atoms with E-state index >= 15 is 0 Å².